The van der Waals surface area contributed by atoms with Crippen LogP contribution >= 0.6 is 0 Å². The molecule has 1 aliphatic rings. The molecule has 0 saturated carbocycles. The van der Waals surface area contributed by atoms with Crippen molar-refractivity contribution in [2.24, 2.45) is 0 Å². The number of ether oxygens (including phenoxy) is 3. The highest BCUT2D eigenvalue weighted by atomic mass is 16.5. The van der Waals surface area contributed by atoms with Crippen molar-refractivity contribution in [3.63, 3.8) is 0 Å². The number of carboxylic acid groups (broad SMARTS) is 1. The number of benzene rings is 3. The maximum atomic E-state index is 11.0. The van der Waals surface area contributed by atoms with E-state index in [4.69, 9.17) is 24.6 Å². The Kier molecular flexibility index (Phi) is 6.50. The topological polar surface area (TPSA) is 88.8 Å². The third-order valence-corrected chi connectivity index (χ3v) is 5.72. The molecule has 0 unspecified atom stereocenters. The fraction of sp³-hybridized carbons (Fsp3) is 0.259. The molecule has 0 fully saturated rings. The first-order valence-corrected chi connectivity index (χ1v) is 10.8. The summed E-state index contributed by atoms with van der Waals surface area (Å²) >= 11 is 0. The zero-order chi connectivity index (χ0) is 23.4. The summed E-state index contributed by atoms with van der Waals surface area (Å²) in [5.41, 5.74) is 6.32. The molecule has 6 nitrogen and oxygen atoms in total. The van der Waals surface area contributed by atoms with E-state index in [1.807, 2.05) is 62.4 Å². The molecule has 0 radical (unpaired) electrons. The first-order chi connectivity index (χ1) is 15.9. The maximum Gasteiger partial charge on any atom is 0.304 e. The zero-order valence-corrected chi connectivity index (χ0v) is 18.6. The fourth-order valence-electron chi connectivity index (χ4n) is 4.29. The Morgan fingerprint density at radius 2 is 1.88 bits per heavy atom. The van der Waals surface area contributed by atoms with E-state index >= 15 is 0 Å². The second-order valence-corrected chi connectivity index (χ2v) is 8.17. The van der Waals surface area contributed by atoms with Crippen LogP contribution in [0.2, 0.25) is 0 Å². The smallest absolute Gasteiger partial charge is 0.304 e. The van der Waals surface area contributed by atoms with Gasteiger partial charge in [-0.25, -0.2) is 0 Å². The molecule has 0 aromatic heterocycles. The van der Waals surface area contributed by atoms with Crippen molar-refractivity contribution in [2.75, 3.05) is 13.2 Å². The third-order valence-electron chi connectivity index (χ3n) is 5.72. The first-order valence-electron chi connectivity index (χ1n) is 10.8. The van der Waals surface area contributed by atoms with Gasteiger partial charge in [-0.15, -0.1) is 0 Å². The number of aryl methyl sites for hydroxylation is 2. The van der Waals surface area contributed by atoms with Gasteiger partial charge in [0.1, 0.15) is 29.9 Å². The van der Waals surface area contributed by atoms with Crippen LogP contribution < -0.4 is 14.2 Å². The van der Waals surface area contributed by atoms with Gasteiger partial charge in [0.25, 0.3) is 0 Å². The summed E-state index contributed by atoms with van der Waals surface area (Å²) in [6, 6.07) is 19.7. The molecule has 4 rings (SSSR count). The monoisotopic (exact) mass is 443 g/mol. The normalized spacial score (nSPS) is 14.2. The summed E-state index contributed by atoms with van der Waals surface area (Å²) in [5.74, 6) is 1.12. The van der Waals surface area contributed by atoms with E-state index in [9.17, 15) is 4.79 Å². The molecule has 3 aromatic carbocycles. The van der Waals surface area contributed by atoms with Gasteiger partial charge in [0.15, 0.2) is 6.61 Å². The molecular weight excluding hydrogens is 418 g/mol. The van der Waals surface area contributed by atoms with Gasteiger partial charge < -0.3 is 19.3 Å². The van der Waals surface area contributed by atoms with E-state index in [1.165, 1.54) is 0 Å². The van der Waals surface area contributed by atoms with Crippen LogP contribution in [0.4, 0.5) is 0 Å². The van der Waals surface area contributed by atoms with Crippen molar-refractivity contribution in [1.82, 2.24) is 0 Å². The lowest BCUT2D eigenvalue weighted by Gasteiger charge is -2.14. The van der Waals surface area contributed by atoms with Gasteiger partial charge in [-0.3, -0.25) is 4.79 Å². The van der Waals surface area contributed by atoms with Crippen molar-refractivity contribution in [3.8, 4) is 34.4 Å². The van der Waals surface area contributed by atoms with Gasteiger partial charge >= 0.3 is 5.97 Å². The number of hydrogen-bond acceptors (Lipinski definition) is 5. The molecular formula is C27H25NO5. The average Bonchev–Trinajstić information content (AvgIpc) is 3.17. The molecule has 0 spiro atoms. The highest BCUT2D eigenvalue weighted by molar-refractivity contribution is 5.72. The van der Waals surface area contributed by atoms with Crippen molar-refractivity contribution in [2.45, 2.75) is 32.8 Å². The first kappa shape index (κ1) is 22.2. The highest BCUT2D eigenvalue weighted by Gasteiger charge is 2.26. The number of nitrogens with zero attached hydrogens (tertiary/aromatic N) is 1. The van der Waals surface area contributed by atoms with E-state index in [2.05, 4.69) is 12.1 Å². The number of aliphatic carboxylic acids is 1. The molecule has 0 saturated heterocycles. The lowest BCUT2D eigenvalue weighted by molar-refractivity contribution is -0.137. The van der Waals surface area contributed by atoms with Crippen molar-refractivity contribution < 1.29 is 24.1 Å². The maximum absolute atomic E-state index is 11.0. The Labute approximate surface area is 193 Å². The van der Waals surface area contributed by atoms with Gasteiger partial charge in [-0.1, -0.05) is 24.3 Å². The Morgan fingerprint density at radius 1 is 1.09 bits per heavy atom. The number of carbonyl (C=O) groups is 1. The van der Waals surface area contributed by atoms with Crippen molar-refractivity contribution in [3.05, 3.63) is 76.9 Å². The Hall–Kier alpha value is -3.98. The predicted molar refractivity (Wildman–Crippen MR) is 124 cm³/mol. The summed E-state index contributed by atoms with van der Waals surface area (Å²) in [5, 5.41) is 17.8. The molecule has 168 valence electrons. The second-order valence-electron chi connectivity index (χ2n) is 8.17. The molecule has 1 aliphatic heterocycles. The summed E-state index contributed by atoms with van der Waals surface area (Å²) in [7, 11) is 0. The number of fused-ring (bicyclic) bond motifs is 1. The predicted octanol–water partition coefficient (Wildman–Crippen LogP) is 5.40. The van der Waals surface area contributed by atoms with Crippen LogP contribution in [0.1, 0.15) is 34.6 Å². The van der Waals surface area contributed by atoms with Crippen LogP contribution in [-0.2, 0) is 11.4 Å². The van der Waals surface area contributed by atoms with Crippen LogP contribution in [0.25, 0.3) is 11.1 Å². The lowest BCUT2D eigenvalue weighted by Crippen LogP contribution is -2.07. The number of rotatable bonds is 8. The van der Waals surface area contributed by atoms with Crippen LogP contribution in [0.15, 0.2) is 54.6 Å². The van der Waals surface area contributed by atoms with Gasteiger partial charge in [-0.05, 0) is 65.9 Å². The van der Waals surface area contributed by atoms with Crippen LogP contribution in [0.5, 0.6) is 17.2 Å². The summed E-state index contributed by atoms with van der Waals surface area (Å²) in [4.78, 5) is 11.0. The standard InChI is InChI=1S/C27H25NO5/c1-17-10-23(31-9-8-28)11-18(2)27(17)20-5-3-4-19(12-20)15-32-22-6-7-24-21(13-26(29)30)16-33-25(24)14-22/h3-7,10-12,14,21H,9,13,15-16H2,1-2H3,(H,29,30)/t21-/m1/s1. The molecule has 1 N–H and O–H groups in total. The van der Waals surface area contributed by atoms with Crippen LogP contribution in [0, 0.1) is 25.2 Å². The number of carboxylic acids is 1. The minimum Gasteiger partial charge on any atom is -0.492 e. The molecule has 33 heavy (non-hydrogen) atoms. The molecule has 1 heterocycles. The molecule has 1 atom stereocenters. The molecule has 3 aromatic rings. The van der Waals surface area contributed by atoms with Gasteiger partial charge in [-0.2, -0.15) is 5.26 Å². The van der Waals surface area contributed by atoms with Gasteiger partial charge in [0.05, 0.1) is 13.0 Å². The highest BCUT2D eigenvalue weighted by Crippen LogP contribution is 2.38. The van der Waals surface area contributed by atoms with Gasteiger partial charge in [0, 0.05) is 17.5 Å². The third kappa shape index (κ3) is 5.09. The van der Waals surface area contributed by atoms with Crippen LogP contribution in [0.3, 0.4) is 0 Å². The number of nitriles is 1. The van der Waals surface area contributed by atoms with Crippen LogP contribution in [-0.4, -0.2) is 24.3 Å². The molecule has 0 aliphatic carbocycles. The van der Waals surface area contributed by atoms with E-state index in [-0.39, 0.29) is 18.9 Å². The minimum absolute atomic E-state index is 0.0268. The fourth-order valence-corrected chi connectivity index (χ4v) is 4.29. The number of hydrogen-bond donors (Lipinski definition) is 1. The zero-order valence-electron chi connectivity index (χ0n) is 18.6. The molecule has 0 bridgehead atoms. The minimum atomic E-state index is -0.827. The summed E-state index contributed by atoms with van der Waals surface area (Å²) in [6.45, 7) is 4.87. The second kappa shape index (κ2) is 9.66. The van der Waals surface area contributed by atoms with E-state index in [0.717, 1.165) is 33.4 Å². The van der Waals surface area contributed by atoms with Crippen molar-refractivity contribution in [1.29, 1.82) is 5.26 Å². The molecule has 0 amide bonds. The van der Waals surface area contributed by atoms with E-state index < -0.39 is 5.97 Å². The summed E-state index contributed by atoms with van der Waals surface area (Å²) < 4.78 is 17.1. The quantitative estimate of drug-likeness (QED) is 0.501. The van der Waals surface area contributed by atoms with Gasteiger partial charge in [0.2, 0.25) is 0 Å². The lowest BCUT2D eigenvalue weighted by atomic mass is 9.94. The molecule has 6 heteroatoms. The average molecular weight is 443 g/mol. The van der Waals surface area contributed by atoms with E-state index in [0.29, 0.717) is 30.5 Å². The SMILES string of the molecule is Cc1cc(OCC#N)cc(C)c1-c1cccc(COc2ccc3c(c2)OC[C@H]3CC(=O)O)c1. The summed E-state index contributed by atoms with van der Waals surface area (Å²) in [6.07, 6.45) is 0.0598. The Bertz CT molecular complexity index is 1200. The Balaban J connectivity index is 1.48. The van der Waals surface area contributed by atoms with E-state index in [1.54, 1.807) is 0 Å². The van der Waals surface area contributed by atoms with Crippen molar-refractivity contribution >= 4 is 5.97 Å². The Morgan fingerprint density at radius 3 is 2.61 bits per heavy atom. The largest absolute Gasteiger partial charge is 0.492 e.